The molecule has 2 heteroatoms. The summed E-state index contributed by atoms with van der Waals surface area (Å²) in [6.07, 6.45) is 9.33. The first kappa shape index (κ1) is 14.1. The molecule has 0 fully saturated rings. The van der Waals surface area contributed by atoms with Gasteiger partial charge in [0, 0.05) is 12.4 Å². The summed E-state index contributed by atoms with van der Waals surface area (Å²) in [6.45, 7) is 8.38. The van der Waals surface area contributed by atoms with E-state index < -0.39 is 0 Å². The van der Waals surface area contributed by atoms with Gasteiger partial charge in [-0.05, 0) is 19.3 Å². The molecule has 0 saturated carbocycles. The van der Waals surface area contributed by atoms with Crippen LogP contribution in [0.25, 0.3) is 0 Å². The summed E-state index contributed by atoms with van der Waals surface area (Å²) in [5.74, 6) is 0. The standard InChI is InChI=1S/C11H18N2.C2H6/c1-3-5-7-11-10(6-4-2)12-8-9-13-11;1-2/h8-9H,3-7H2,1-2H3;1-2H3. The molecule has 86 valence electrons. The molecule has 0 aliphatic rings. The van der Waals surface area contributed by atoms with Crippen LogP contribution in [0.4, 0.5) is 0 Å². The van der Waals surface area contributed by atoms with E-state index in [9.17, 15) is 0 Å². The van der Waals surface area contributed by atoms with Gasteiger partial charge in [0.1, 0.15) is 0 Å². The third kappa shape index (κ3) is 5.50. The molecule has 1 aromatic heterocycles. The van der Waals surface area contributed by atoms with Crippen molar-refractivity contribution in [3.8, 4) is 0 Å². The minimum Gasteiger partial charge on any atom is -0.258 e. The first-order chi connectivity index (χ1) is 7.38. The molecule has 0 radical (unpaired) electrons. The fraction of sp³-hybridized carbons (Fsp3) is 0.692. The molecule has 0 saturated heterocycles. The summed E-state index contributed by atoms with van der Waals surface area (Å²) in [7, 11) is 0. The molecule has 1 heterocycles. The van der Waals surface area contributed by atoms with E-state index in [0.29, 0.717) is 0 Å². The van der Waals surface area contributed by atoms with Crippen molar-refractivity contribution >= 4 is 0 Å². The summed E-state index contributed by atoms with van der Waals surface area (Å²) in [6, 6.07) is 0. The molecular formula is C13H24N2. The lowest BCUT2D eigenvalue weighted by molar-refractivity contribution is 0.744. The second-order valence-corrected chi connectivity index (χ2v) is 3.30. The highest BCUT2D eigenvalue weighted by Crippen LogP contribution is 2.08. The lowest BCUT2D eigenvalue weighted by Crippen LogP contribution is -2.00. The van der Waals surface area contributed by atoms with Gasteiger partial charge in [-0.15, -0.1) is 0 Å². The molecule has 0 amide bonds. The summed E-state index contributed by atoms with van der Waals surface area (Å²) in [4.78, 5) is 8.73. The number of aromatic nitrogens is 2. The van der Waals surface area contributed by atoms with E-state index in [2.05, 4.69) is 23.8 Å². The zero-order chi connectivity index (χ0) is 11.5. The largest absolute Gasteiger partial charge is 0.258 e. The molecule has 0 aromatic carbocycles. The van der Waals surface area contributed by atoms with Crippen LogP contribution in [0.15, 0.2) is 12.4 Å². The predicted octanol–water partition coefficient (Wildman–Crippen LogP) is 3.80. The monoisotopic (exact) mass is 208 g/mol. The van der Waals surface area contributed by atoms with Crippen LogP contribution in [-0.4, -0.2) is 9.97 Å². The van der Waals surface area contributed by atoms with Gasteiger partial charge in [-0.2, -0.15) is 0 Å². The zero-order valence-electron chi connectivity index (χ0n) is 10.6. The Balaban J connectivity index is 0.000000921. The Morgan fingerprint density at radius 3 is 1.87 bits per heavy atom. The quantitative estimate of drug-likeness (QED) is 0.735. The smallest absolute Gasteiger partial charge is 0.0618 e. The Bertz CT molecular complexity index is 246. The maximum absolute atomic E-state index is 4.37. The summed E-state index contributed by atoms with van der Waals surface area (Å²) < 4.78 is 0. The summed E-state index contributed by atoms with van der Waals surface area (Å²) in [5.41, 5.74) is 2.39. The van der Waals surface area contributed by atoms with E-state index in [0.717, 1.165) is 19.3 Å². The van der Waals surface area contributed by atoms with Gasteiger partial charge in [0.2, 0.25) is 0 Å². The van der Waals surface area contributed by atoms with Gasteiger partial charge in [0.25, 0.3) is 0 Å². The van der Waals surface area contributed by atoms with E-state index in [-0.39, 0.29) is 0 Å². The van der Waals surface area contributed by atoms with Gasteiger partial charge < -0.3 is 0 Å². The summed E-state index contributed by atoms with van der Waals surface area (Å²) in [5, 5.41) is 0. The van der Waals surface area contributed by atoms with Crippen molar-refractivity contribution in [1.82, 2.24) is 9.97 Å². The highest BCUT2D eigenvalue weighted by atomic mass is 14.8. The maximum atomic E-state index is 4.37. The molecule has 0 spiro atoms. The molecule has 15 heavy (non-hydrogen) atoms. The van der Waals surface area contributed by atoms with E-state index in [1.807, 2.05) is 13.8 Å². The third-order valence-corrected chi connectivity index (χ3v) is 2.11. The second-order valence-electron chi connectivity index (χ2n) is 3.30. The minimum atomic E-state index is 1.06. The Kier molecular flexibility index (Phi) is 9.04. The lowest BCUT2D eigenvalue weighted by atomic mass is 10.1. The normalized spacial score (nSPS) is 9.33. The van der Waals surface area contributed by atoms with Gasteiger partial charge in [0.05, 0.1) is 11.4 Å². The Hall–Kier alpha value is -0.920. The Morgan fingerprint density at radius 1 is 0.867 bits per heavy atom. The van der Waals surface area contributed by atoms with Gasteiger partial charge in [-0.3, -0.25) is 9.97 Å². The first-order valence-electron chi connectivity index (χ1n) is 6.17. The molecule has 0 aliphatic carbocycles. The number of nitrogens with zero attached hydrogens (tertiary/aromatic N) is 2. The van der Waals surface area contributed by atoms with Crippen molar-refractivity contribution in [2.24, 2.45) is 0 Å². The molecule has 0 atom stereocenters. The second kappa shape index (κ2) is 9.63. The average molecular weight is 208 g/mol. The van der Waals surface area contributed by atoms with E-state index in [1.165, 1.54) is 24.2 Å². The average Bonchev–Trinajstić information content (AvgIpc) is 2.31. The topological polar surface area (TPSA) is 25.8 Å². The number of hydrogen-bond donors (Lipinski definition) is 0. The van der Waals surface area contributed by atoms with Crippen LogP contribution < -0.4 is 0 Å². The zero-order valence-corrected chi connectivity index (χ0v) is 10.6. The predicted molar refractivity (Wildman–Crippen MR) is 66.0 cm³/mol. The highest BCUT2D eigenvalue weighted by molar-refractivity contribution is 5.10. The molecule has 0 unspecified atom stereocenters. The maximum Gasteiger partial charge on any atom is 0.0618 e. The van der Waals surface area contributed by atoms with Gasteiger partial charge >= 0.3 is 0 Å². The molecule has 0 aliphatic heterocycles. The van der Waals surface area contributed by atoms with Gasteiger partial charge in [0.15, 0.2) is 0 Å². The van der Waals surface area contributed by atoms with E-state index in [1.54, 1.807) is 12.4 Å². The Morgan fingerprint density at radius 2 is 1.40 bits per heavy atom. The number of hydrogen-bond acceptors (Lipinski definition) is 2. The fourth-order valence-electron chi connectivity index (χ4n) is 1.39. The van der Waals surface area contributed by atoms with Crippen molar-refractivity contribution in [3.63, 3.8) is 0 Å². The van der Waals surface area contributed by atoms with Crippen LogP contribution in [0.2, 0.25) is 0 Å². The van der Waals surface area contributed by atoms with Crippen LogP contribution in [0.1, 0.15) is 58.3 Å². The third-order valence-electron chi connectivity index (χ3n) is 2.11. The van der Waals surface area contributed by atoms with Crippen LogP contribution in [0, 0.1) is 0 Å². The first-order valence-corrected chi connectivity index (χ1v) is 6.17. The van der Waals surface area contributed by atoms with Crippen LogP contribution in [-0.2, 0) is 12.8 Å². The van der Waals surface area contributed by atoms with Gasteiger partial charge in [-0.1, -0.05) is 40.5 Å². The van der Waals surface area contributed by atoms with Crippen molar-refractivity contribution in [3.05, 3.63) is 23.8 Å². The number of rotatable bonds is 5. The summed E-state index contributed by atoms with van der Waals surface area (Å²) >= 11 is 0. The SMILES string of the molecule is CC.CCCCc1nccnc1CCC. The van der Waals surface area contributed by atoms with Crippen LogP contribution >= 0.6 is 0 Å². The van der Waals surface area contributed by atoms with Gasteiger partial charge in [-0.25, -0.2) is 0 Å². The van der Waals surface area contributed by atoms with Crippen LogP contribution in [0.3, 0.4) is 0 Å². The molecule has 0 bridgehead atoms. The van der Waals surface area contributed by atoms with Crippen molar-refractivity contribution in [1.29, 1.82) is 0 Å². The van der Waals surface area contributed by atoms with Crippen molar-refractivity contribution < 1.29 is 0 Å². The number of unbranched alkanes of at least 4 members (excludes halogenated alkanes) is 1. The van der Waals surface area contributed by atoms with Crippen LogP contribution in [0.5, 0.6) is 0 Å². The van der Waals surface area contributed by atoms with E-state index in [4.69, 9.17) is 0 Å². The van der Waals surface area contributed by atoms with E-state index >= 15 is 0 Å². The molecule has 1 rings (SSSR count). The molecule has 0 N–H and O–H groups in total. The fourth-order valence-corrected chi connectivity index (χ4v) is 1.39. The van der Waals surface area contributed by atoms with Crippen molar-refractivity contribution in [2.75, 3.05) is 0 Å². The highest BCUT2D eigenvalue weighted by Gasteiger charge is 2.02. The lowest BCUT2D eigenvalue weighted by Gasteiger charge is -2.04. The Labute approximate surface area is 94.2 Å². The van der Waals surface area contributed by atoms with Crippen molar-refractivity contribution in [2.45, 2.75) is 59.8 Å². The molecule has 2 nitrogen and oxygen atoms in total. The number of aryl methyl sites for hydroxylation is 2. The molecule has 1 aromatic rings. The minimum absolute atomic E-state index is 1.06. The molecular weight excluding hydrogens is 184 g/mol.